The van der Waals surface area contributed by atoms with Crippen LogP contribution in [0.15, 0.2) is 24.3 Å². The predicted molar refractivity (Wildman–Crippen MR) is 86.8 cm³/mol. The number of benzene rings is 1. The fraction of sp³-hybridized carbons (Fsp3) is 0.667. The first-order chi connectivity index (χ1) is 10.0. The highest BCUT2D eigenvalue weighted by atomic mass is 16.5. The zero-order valence-electron chi connectivity index (χ0n) is 13.6. The highest BCUT2D eigenvalue weighted by Crippen LogP contribution is 2.36. The lowest BCUT2D eigenvalue weighted by molar-refractivity contribution is -0.0560. The monoisotopic (exact) mass is 291 g/mol. The summed E-state index contributed by atoms with van der Waals surface area (Å²) < 4.78 is 5.22. The lowest BCUT2D eigenvalue weighted by Gasteiger charge is -2.40. The summed E-state index contributed by atoms with van der Waals surface area (Å²) in [5.74, 6) is 1.18. The molecule has 0 saturated heterocycles. The summed E-state index contributed by atoms with van der Waals surface area (Å²) in [7, 11) is 5.87. The van der Waals surface area contributed by atoms with Crippen molar-refractivity contribution < 1.29 is 9.84 Å². The van der Waals surface area contributed by atoms with Crippen LogP contribution in [0, 0.1) is 5.92 Å². The van der Waals surface area contributed by atoms with Crippen molar-refractivity contribution in [1.82, 2.24) is 4.90 Å². The van der Waals surface area contributed by atoms with Crippen molar-refractivity contribution in [2.24, 2.45) is 5.92 Å². The Morgan fingerprint density at radius 3 is 2.29 bits per heavy atom. The summed E-state index contributed by atoms with van der Waals surface area (Å²) in [6.07, 6.45) is 6.40. The molecule has 1 unspecified atom stereocenters. The molecule has 0 amide bonds. The standard InChI is InChI=1S/C18H29NO2/c1-19(2)14-16(18(20)11-5-4-6-12-18)13-15-7-9-17(21-3)10-8-15/h7-10,16,20H,4-6,11-14H2,1-3H3. The minimum atomic E-state index is -0.498. The van der Waals surface area contributed by atoms with Gasteiger partial charge >= 0.3 is 0 Å². The Labute approximate surface area is 128 Å². The van der Waals surface area contributed by atoms with Crippen LogP contribution in [-0.4, -0.2) is 43.4 Å². The van der Waals surface area contributed by atoms with E-state index in [9.17, 15) is 5.11 Å². The highest BCUT2D eigenvalue weighted by molar-refractivity contribution is 5.27. The summed E-state index contributed by atoms with van der Waals surface area (Å²) in [5, 5.41) is 11.1. The number of nitrogens with zero attached hydrogens (tertiary/aromatic N) is 1. The first-order valence-electron chi connectivity index (χ1n) is 8.03. The van der Waals surface area contributed by atoms with E-state index in [0.29, 0.717) is 5.92 Å². The molecule has 0 spiro atoms. The Balaban J connectivity index is 2.11. The Morgan fingerprint density at radius 1 is 1.14 bits per heavy atom. The van der Waals surface area contributed by atoms with E-state index in [0.717, 1.165) is 44.4 Å². The van der Waals surface area contributed by atoms with Gasteiger partial charge in [-0.3, -0.25) is 0 Å². The van der Waals surface area contributed by atoms with E-state index in [1.165, 1.54) is 12.0 Å². The third-order valence-electron chi connectivity index (χ3n) is 4.71. The van der Waals surface area contributed by atoms with E-state index in [2.05, 4.69) is 31.1 Å². The molecular weight excluding hydrogens is 262 g/mol. The molecule has 0 bridgehead atoms. The van der Waals surface area contributed by atoms with Crippen molar-refractivity contribution in [1.29, 1.82) is 0 Å². The van der Waals surface area contributed by atoms with Gasteiger partial charge in [0.2, 0.25) is 0 Å². The first kappa shape index (κ1) is 16.3. The van der Waals surface area contributed by atoms with E-state index in [4.69, 9.17) is 4.74 Å². The summed E-state index contributed by atoms with van der Waals surface area (Å²) >= 11 is 0. The fourth-order valence-corrected chi connectivity index (χ4v) is 3.48. The van der Waals surface area contributed by atoms with Crippen molar-refractivity contribution in [3.8, 4) is 5.75 Å². The molecule has 0 heterocycles. The van der Waals surface area contributed by atoms with Crippen LogP contribution in [0.2, 0.25) is 0 Å². The normalized spacial score (nSPS) is 19.5. The molecular formula is C18H29NO2. The van der Waals surface area contributed by atoms with Crippen molar-refractivity contribution >= 4 is 0 Å². The third kappa shape index (κ3) is 4.45. The van der Waals surface area contributed by atoms with Crippen molar-refractivity contribution in [2.75, 3.05) is 27.7 Å². The van der Waals surface area contributed by atoms with E-state index in [1.807, 2.05) is 12.1 Å². The molecule has 2 rings (SSSR count). The van der Waals surface area contributed by atoms with Crippen LogP contribution in [0.5, 0.6) is 5.75 Å². The van der Waals surface area contributed by atoms with E-state index in [-0.39, 0.29) is 0 Å². The molecule has 118 valence electrons. The lowest BCUT2D eigenvalue weighted by atomic mass is 9.73. The summed E-state index contributed by atoms with van der Waals surface area (Å²) in [6, 6.07) is 8.25. The highest BCUT2D eigenvalue weighted by Gasteiger charge is 2.37. The van der Waals surface area contributed by atoms with E-state index >= 15 is 0 Å². The Bertz CT molecular complexity index is 421. The fourth-order valence-electron chi connectivity index (χ4n) is 3.48. The van der Waals surface area contributed by atoms with Gasteiger partial charge in [-0.1, -0.05) is 31.4 Å². The van der Waals surface area contributed by atoms with Gasteiger partial charge in [-0.25, -0.2) is 0 Å². The van der Waals surface area contributed by atoms with Crippen LogP contribution >= 0.6 is 0 Å². The molecule has 0 aliphatic heterocycles. The van der Waals surface area contributed by atoms with E-state index in [1.54, 1.807) is 7.11 Å². The molecule has 1 aromatic carbocycles. The maximum absolute atomic E-state index is 11.1. The molecule has 3 nitrogen and oxygen atoms in total. The van der Waals surface area contributed by atoms with Crippen molar-refractivity contribution in [3.05, 3.63) is 29.8 Å². The zero-order valence-corrected chi connectivity index (χ0v) is 13.6. The van der Waals surface area contributed by atoms with Crippen LogP contribution < -0.4 is 4.74 Å². The van der Waals surface area contributed by atoms with Crippen LogP contribution in [-0.2, 0) is 6.42 Å². The molecule has 21 heavy (non-hydrogen) atoms. The second-order valence-corrected chi connectivity index (χ2v) is 6.68. The van der Waals surface area contributed by atoms with Crippen molar-refractivity contribution in [2.45, 2.75) is 44.1 Å². The maximum atomic E-state index is 11.1. The van der Waals surface area contributed by atoms with Gasteiger partial charge in [0.25, 0.3) is 0 Å². The molecule has 1 aromatic rings. The van der Waals surface area contributed by atoms with Gasteiger partial charge in [-0.2, -0.15) is 0 Å². The number of aliphatic hydroxyl groups is 1. The second-order valence-electron chi connectivity index (χ2n) is 6.68. The number of hydrogen-bond donors (Lipinski definition) is 1. The molecule has 0 aromatic heterocycles. The van der Waals surface area contributed by atoms with Crippen LogP contribution in [0.4, 0.5) is 0 Å². The molecule has 1 fully saturated rings. The van der Waals surface area contributed by atoms with Crippen LogP contribution in [0.25, 0.3) is 0 Å². The molecule has 1 aliphatic rings. The maximum Gasteiger partial charge on any atom is 0.118 e. The molecule has 1 saturated carbocycles. The smallest absolute Gasteiger partial charge is 0.118 e. The summed E-state index contributed by atoms with van der Waals surface area (Å²) in [4.78, 5) is 2.20. The Kier molecular flexibility index (Phi) is 5.65. The number of methoxy groups -OCH3 is 1. The summed E-state index contributed by atoms with van der Waals surface area (Å²) in [6.45, 7) is 0.933. The minimum Gasteiger partial charge on any atom is -0.497 e. The molecule has 1 N–H and O–H groups in total. The SMILES string of the molecule is COc1ccc(CC(CN(C)C)C2(O)CCCCC2)cc1. The Morgan fingerprint density at radius 2 is 1.76 bits per heavy atom. The van der Waals surface area contributed by atoms with Gasteiger partial charge in [0.1, 0.15) is 5.75 Å². The van der Waals surface area contributed by atoms with Gasteiger partial charge in [-0.15, -0.1) is 0 Å². The van der Waals surface area contributed by atoms with Gasteiger partial charge in [0.15, 0.2) is 0 Å². The van der Waals surface area contributed by atoms with Crippen LogP contribution in [0.3, 0.4) is 0 Å². The largest absolute Gasteiger partial charge is 0.497 e. The Hall–Kier alpha value is -1.06. The first-order valence-corrected chi connectivity index (χ1v) is 8.03. The predicted octanol–water partition coefficient (Wildman–Crippen LogP) is 3.11. The average molecular weight is 291 g/mol. The molecule has 0 radical (unpaired) electrons. The minimum absolute atomic E-state index is 0.293. The number of hydrogen-bond acceptors (Lipinski definition) is 3. The van der Waals surface area contributed by atoms with Crippen molar-refractivity contribution in [3.63, 3.8) is 0 Å². The van der Waals surface area contributed by atoms with E-state index < -0.39 is 5.60 Å². The molecule has 1 atom stereocenters. The molecule has 3 heteroatoms. The van der Waals surface area contributed by atoms with Gasteiger partial charge < -0.3 is 14.7 Å². The zero-order chi connectivity index (χ0) is 15.3. The molecule has 1 aliphatic carbocycles. The summed E-state index contributed by atoms with van der Waals surface area (Å²) in [5.41, 5.74) is 0.782. The lowest BCUT2D eigenvalue weighted by Crippen LogP contribution is -2.45. The topological polar surface area (TPSA) is 32.7 Å². The van der Waals surface area contributed by atoms with Gasteiger partial charge in [0.05, 0.1) is 12.7 Å². The van der Waals surface area contributed by atoms with Gasteiger partial charge in [-0.05, 0) is 51.1 Å². The van der Waals surface area contributed by atoms with Gasteiger partial charge in [0, 0.05) is 12.5 Å². The number of rotatable bonds is 6. The quantitative estimate of drug-likeness (QED) is 0.874. The van der Waals surface area contributed by atoms with Crippen LogP contribution in [0.1, 0.15) is 37.7 Å². The third-order valence-corrected chi connectivity index (χ3v) is 4.71. The average Bonchev–Trinajstić information content (AvgIpc) is 2.48. The number of ether oxygens (including phenoxy) is 1. The second kappa shape index (κ2) is 7.28.